The van der Waals surface area contributed by atoms with Crippen molar-refractivity contribution in [3.8, 4) is 17.6 Å². The number of aryl methyl sites for hydroxylation is 1. The molecular weight excluding hydrogens is 370 g/mol. The van der Waals surface area contributed by atoms with Crippen molar-refractivity contribution < 1.29 is 19.1 Å². The van der Waals surface area contributed by atoms with E-state index < -0.39 is 11.8 Å². The van der Waals surface area contributed by atoms with Gasteiger partial charge in [-0.1, -0.05) is 17.7 Å². The lowest BCUT2D eigenvalue weighted by molar-refractivity contribution is -0.125. The predicted molar refractivity (Wildman–Crippen MR) is 101 cm³/mol. The number of rotatable bonds is 7. The molecule has 0 bridgehead atoms. The Kier molecular flexibility index (Phi) is 7.03. The highest BCUT2D eigenvalue weighted by atomic mass is 35.5. The van der Waals surface area contributed by atoms with E-state index in [-0.39, 0.29) is 23.9 Å². The summed E-state index contributed by atoms with van der Waals surface area (Å²) >= 11 is 5.97. The summed E-state index contributed by atoms with van der Waals surface area (Å²) in [6.07, 6.45) is 0. The van der Waals surface area contributed by atoms with Crippen LogP contribution in [0.4, 0.5) is 5.69 Å². The lowest BCUT2D eigenvalue weighted by atomic mass is 10.2. The van der Waals surface area contributed by atoms with Gasteiger partial charge in [0.15, 0.2) is 6.61 Å². The molecule has 27 heavy (non-hydrogen) atoms. The lowest BCUT2D eigenvalue weighted by Gasteiger charge is -2.12. The minimum Gasteiger partial charge on any atom is -0.495 e. The number of nitrogens with zero attached hydrogens (tertiary/aromatic N) is 1. The van der Waals surface area contributed by atoms with Crippen LogP contribution in [-0.2, 0) is 9.59 Å². The molecule has 2 amide bonds. The van der Waals surface area contributed by atoms with E-state index >= 15 is 0 Å². The molecule has 7 nitrogen and oxygen atoms in total. The number of ether oxygens (including phenoxy) is 2. The molecule has 0 spiro atoms. The molecule has 2 aromatic rings. The van der Waals surface area contributed by atoms with Gasteiger partial charge in [-0.15, -0.1) is 0 Å². The van der Waals surface area contributed by atoms with E-state index in [0.717, 1.165) is 5.56 Å². The molecule has 0 heterocycles. The third-order valence-electron chi connectivity index (χ3n) is 3.49. The summed E-state index contributed by atoms with van der Waals surface area (Å²) in [6.45, 7) is 1.36. The Morgan fingerprint density at radius 1 is 1.15 bits per heavy atom. The maximum absolute atomic E-state index is 12.0. The molecule has 0 atom stereocenters. The van der Waals surface area contributed by atoms with Crippen LogP contribution in [-0.4, -0.2) is 32.1 Å². The van der Waals surface area contributed by atoms with Crippen LogP contribution < -0.4 is 20.1 Å². The summed E-state index contributed by atoms with van der Waals surface area (Å²) in [5.74, 6) is -0.0794. The topological polar surface area (TPSA) is 100 Å². The fourth-order valence-corrected chi connectivity index (χ4v) is 2.41. The molecule has 0 fully saturated rings. The number of carbonyl (C=O) groups is 2. The maximum atomic E-state index is 12.0. The number of amides is 2. The number of benzene rings is 2. The number of nitriles is 1. The second-order valence-electron chi connectivity index (χ2n) is 5.57. The van der Waals surface area contributed by atoms with E-state index in [1.165, 1.54) is 25.3 Å². The normalized spacial score (nSPS) is 9.85. The second-order valence-corrected chi connectivity index (χ2v) is 5.98. The van der Waals surface area contributed by atoms with Crippen molar-refractivity contribution in [2.75, 3.05) is 25.6 Å². The van der Waals surface area contributed by atoms with Crippen molar-refractivity contribution in [3.63, 3.8) is 0 Å². The van der Waals surface area contributed by atoms with Crippen molar-refractivity contribution in [2.45, 2.75) is 6.92 Å². The Bertz CT molecular complexity index is 893. The molecule has 0 aliphatic carbocycles. The monoisotopic (exact) mass is 387 g/mol. The van der Waals surface area contributed by atoms with Gasteiger partial charge in [-0.2, -0.15) is 5.26 Å². The Labute approximate surface area is 161 Å². The van der Waals surface area contributed by atoms with Crippen molar-refractivity contribution in [1.29, 1.82) is 5.26 Å². The van der Waals surface area contributed by atoms with Gasteiger partial charge in [0.05, 0.1) is 36.0 Å². The van der Waals surface area contributed by atoms with Gasteiger partial charge in [-0.3, -0.25) is 9.59 Å². The second kappa shape index (κ2) is 9.46. The molecule has 0 aliphatic rings. The van der Waals surface area contributed by atoms with Crippen molar-refractivity contribution in [2.24, 2.45) is 0 Å². The van der Waals surface area contributed by atoms with Crippen molar-refractivity contribution >= 4 is 29.1 Å². The average Bonchev–Trinajstić information content (AvgIpc) is 2.65. The molecular formula is C19H18ClN3O4. The number of carbonyl (C=O) groups excluding carboxylic acids is 2. The van der Waals surface area contributed by atoms with E-state index in [1.807, 2.05) is 19.1 Å². The number of nitrogens with one attached hydrogen (secondary N) is 2. The fourth-order valence-electron chi connectivity index (χ4n) is 2.17. The Morgan fingerprint density at radius 3 is 2.56 bits per heavy atom. The summed E-state index contributed by atoms with van der Waals surface area (Å²) in [4.78, 5) is 23.9. The standard InChI is InChI=1S/C19H18ClN3O4/c1-12-3-5-17(26-2)15(7-12)23-18(24)10-22-19(25)11-27-16-6-4-13(9-21)8-14(16)20/h3-8H,10-11H2,1-2H3,(H,22,25)(H,23,24). The van der Waals surface area contributed by atoms with Gasteiger partial charge < -0.3 is 20.1 Å². The van der Waals surface area contributed by atoms with Gasteiger partial charge in [0.1, 0.15) is 11.5 Å². The third kappa shape index (κ3) is 5.90. The number of hydrogen-bond acceptors (Lipinski definition) is 5. The molecule has 0 aliphatic heterocycles. The van der Waals surface area contributed by atoms with Crippen molar-refractivity contribution in [1.82, 2.24) is 5.32 Å². The van der Waals surface area contributed by atoms with Gasteiger partial charge in [0, 0.05) is 0 Å². The van der Waals surface area contributed by atoms with Crippen LogP contribution in [0.3, 0.4) is 0 Å². The van der Waals surface area contributed by atoms with Gasteiger partial charge in [0.25, 0.3) is 5.91 Å². The summed E-state index contributed by atoms with van der Waals surface area (Å²) in [5.41, 5.74) is 1.88. The highest BCUT2D eigenvalue weighted by molar-refractivity contribution is 6.32. The van der Waals surface area contributed by atoms with E-state index in [4.69, 9.17) is 26.3 Å². The molecule has 0 radical (unpaired) electrons. The average molecular weight is 388 g/mol. The van der Waals surface area contributed by atoms with Crippen molar-refractivity contribution in [3.05, 3.63) is 52.5 Å². The maximum Gasteiger partial charge on any atom is 0.258 e. The highest BCUT2D eigenvalue weighted by Gasteiger charge is 2.11. The van der Waals surface area contributed by atoms with Crippen LogP contribution in [0.1, 0.15) is 11.1 Å². The van der Waals surface area contributed by atoms with Gasteiger partial charge >= 0.3 is 0 Å². The van der Waals surface area contributed by atoms with Gasteiger partial charge in [-0.25, -0.2) is 0 Å². The smallest absolute Gasteiger partial charge is 0.258 e. The summed E-state index contributed by atoms with van der Waals surface area (Å²) < 4.78 is 10.5. The van der Waals surface area contributed by atoms with Crippen LogP contribution in [0.5, 0.6) is 11.5 Å². The van der Waals surface area contributed by atoms with Crippen LogP contribution in [0.15, 0.2) is 36.4 Å². The zero-order valence-corrected chi connectivity index (χ0v) is 15.6. The zero-order chi connectivity index (χ0) is 19.8. The summed E-state index contributed by atoms with van der Waals surface area (Å²) in [7, 11) is 1.51. The largest absolute Gasteiger partial charge is 0.495 e. The van der Waals surface area contributed by atoms with E-state index in [1.54, 1.807) is 12.1 Å². The minimum atomic E-state index is -0.484. The molecule has 2 rings (SSSR count). The first-order valence-corrected chi connectivity index (χ1v) is 8.34. The van der Waals surface area contributed by atoms with Gasteiger partial charge in [0.2, 0.25) is 5.91 Å². The lowest BCUT2D eigenvalue weighted by Crippen LogP contribution is -2.35. The SMILES string of the molecule is COc1ccc(C)cc1NC(=O)CNC(=O)COc1ccc(C#N)cc1Cl. The first kappa shape index (κ1) is 20.1. The van der Waals surface area contributed by atoms with Crippen LogP contribution in [0.2, 0.25) is 5.02 Å². The van der Waals surface area contributed by atoms with E-state index in [2.05, 4.69) is 10.6 Å². The molecule has 8 heteroatoms. The first-order chi connectivity index (χ1) is 12.9. The number of hydrogen-bond donors (Lipinski definition) is 2. The molecule has 0 saturated heterocycles. The summed E-state index contributed by atoms with van der Waals surface area (Å²) in [6, 6.07) is 11.8. The van der Waals surface area contributed by atoms with Crippen LogP contribution in [0, 0.1) is 18.3 Å². The predicted octanol–water partition coefficient (Wildman–Crippen LogP) is 2.66. The van der Waals surface area contributed by atoms with Crippen LogP contribution >= 0.6 is 11.6 Å². The first-order valence-electron chi connectivity index (χ1n) is 7.96. The Hall–Kier alpha value is -3.24. The molecule has 2 N–H and O–H groups in total. The molecule has 0 aromatic heterocycles. The number of halogens is 1. The quantitative estimate of drug-likeness (QED) is 0.760. The third-order valence-corrected chi connectivity index (χ3v) is 3.79. The van der Waals surface area contributed by atoms with E-state index in [0.29, 0.717) is 17.0 Å². The molecule has 2 aromatic carbocycles. The van der Waals surface area contributed by atoms with Crippen LogP contribution in [0.25, 0.3) is 0 Å². The molecule has 0 unspecified atom stereocenters. The number of methoxy groups -OCH3 is 1. The Balaban J connectivity index is 1.82. The highest BCUT2D eigenvalue weighted by Crippen LogP contribution is 2.25. The Morgan fingerprint density at radius 2 is 1.89 bits per heavy atom. The van der Waals surface area contributed by atoms with Gasteiger partial charge in [-0.05, 0) is 42.8 Å². The minimum absolute atomic E-state index is 0.222. The molecule has 140 valence electrons. The molecule has 0 saturated carbocycles. The number of anilines is 1. The summed E-state index contributed by atoms with van der Waals surface area (Å²) in [5, 5.41) is 14.2. The van der Waals surface area contributed by atoms with E-state index in [9.17, 15) is 9.59 Å². The zero-order valence-electron chi connectivity index (χ0n) is 14.8. The fraction of sp³-hybridized carbons (Fsp3) is 0.211.